The predicted octanol–water partition coefficient (Wildman–Crippen LogP) is 3.02. The van der Waals surface area contributed by atoms with Gasteiger partial charge in [0.2, 0.25) is 0 Å². The van der Waals surface area contributed by atoms with Crippen LogP contribution in [-0.2, 0) is 0 Å². The van der Waals surface area contributed by atoms with Crippen LogP contribution in [0.3, 0.4) is 0 Å². The van der Waals surface area contributed by atoms with E-state index in [1.807, 2.05) is 37.3 Å². The summed E-state index contributed by atoms with van der Waals surface area (Å²) in [6.07, 6.45) is 0. The lowest BCUT2D eigenvalue weighted by Crippen LogP contribution is -2.15. The van der Waals surface area contributed by atoms with E-state index in [0.717, 1.165) is 33.9 Å². The molecule has 92 valence electrons. The fourth-order valence-electron chi connectivity index (χ4n) is 2.04. The number of nitrogens with two attached hydrogens (primary N) is 1. The van der Waals surface area contributed by atoms with Gasteiger partial charge >= 0.3 is 0 Å². The topological polar surface area (TPSA) is 44.5 Å². The van der Waals surface area contributed by atoms with Crippen molar-refractivity contribution in [2.45, 2.75) is 6.92 Å². The largest absolute Gasteiger partial charge is 0.486 e. The van der Waals surface area contributed by atoms with E-state index in [1.54, 1.807) is 0 Å². The number of hydrogen-bond acceptors (Lipinski definition) is 3. The predicted molar refractivity (Wildman–Crippen MR) is 72.0 cm³/mol. The second-order valence-electron chi connectivity index (χ2n) is 4.43. The van der Waals surface area contributed by atoms with Crippen LogP contribution >= 0.6 is 0 Å². The molecule has 0 spiro atoms. The van der Waals surface area contributed by atoms with Crippen molar-refractivity contribution in [3.05, 3.63) is 42.0 Å². The first-order chi connectivity index (χ1) is 8.74. The van der Waals surface area contributed by atoms with Crippen LogP contribution in [0.25, 0.3) is 11.1 Å². The van der Waals surface area contributed by atoms with Crippen molar-refractivity contribution in [1.29, 1.82) is 0 Å². The number of aryl methyl sites for hydroxylation is 1. The molecule has 0 fully saturated rings. The van der Waals surface area contributed by atoms with Crippen molar-refractivity contribution in [2.75, 3.05) is 18.9 Å². The second-order valence-corrected chi connectivity index (χ2v) is 4.43. The maximum atomic E-state index is 5.94. The lowest BCUT2D eigenvalue weighted by Gasteiger charge is -2.19. The van der Waals surface area contributed by atoms with Crippen LogP contribution in [0, 0.1) is 6.92 Å². The SMILES string of the molecule is Cc1ccc(-c2ccc3c(c2)OCCO3)cc1N. The first-order valence-electron chi connectivity index (χ1n) is 6.00. The first kappa shape index (κ1) is 11.0. The van der Waals surface area contributed by atoms with Crippen molar-refractivity contribution in [2.24, 2.45) is 0 Å². The molecule has 0 aromatic heterocycles. The van der Waals surface area contributed by atoms with Crippen LogP contribution in [0.1, 0.15) is 5.56 Å². The Morgan fingerprint density at radius 2 is 1.56 bits per heavy atom. The van der Waals surface area contributed by atoms with E-state index >= 15 is 0 Å². The van der Waals surface area contributed by atoms with Crippen molar-refractivity contribution >= 4 is 5.69 Å². The number of rotatable bonds is 1. The second kappa shape index (κ2) is 4.26. The summed E-state index contributed by atoms with van der Waals surface area (Å²) >= 11 is 0. The minimum atomic E-state index is 0.604. The fraction of sp³-hybridized carbons (Fsp3) is 0.200. The zero-order valence-corrected chi connectivity index (χ0v) is 10.3. The molecule has 0 saturated carbocycles. The van der Waals surface area contributed by atoms with Gasteiger partial charge in [-0.1, -0.05) is 18.2 Å². The van der Waals surface area contributed by atoms with Gasteiger partial charge < -0.3 is 15.2 Å². The highest BCUT2D eigenvalue weighted by atomic mass is 16.6. The number of fused-ring (bicyclic) bond motifs is 1. The molecule has 0 atom stereocenters. The summed E-state index contributed by atoms with van der Waals surface area (Å²) in [7, 11) is 0. The zero-order chi connectivity index (χ0) is 12.5. The van der Waals surface area contributed by atoms with Crippen LogP contribution in [0.15, 0.2) is 36.4 Å². The molecule has 18 heavy (non-hydrogen) atoms. The Labute approximate surface area is 106 Å². The minimum Gasteiger partial charge on any atom is -0.486 e. The Morgan fingerprint density at radius 3 is 2.33 bits per heavy atom. The molecule has 1 aliphatic rings. The molecule has 1 heterocycles. The summed E-state index contributed by atoms with van der Waals surface area (Å²) in [5.41, 5.74) is 10.0. The third kappa shape index (κ3) is 1.88. The van der Waals surface area contributed by atoms with E-state index in [2.05, 4.69) is 6.07 Å². The van der Waals surface area contributed by atoms with E-state index in [0.29, 0.717) is 13.2 Å². The van der Waals surface area contributed by atoms with Crippen molar-refractivity contribution in [3.8, 4) is 22.6 Å². The third-order valence-corrected chi connectivity index (χ3v) is 3.15. The van der Waals surface area contributed by atoms with Gasteiger partial charge in [0, 0.05) is 5.69 Å². The molecular weight excluding hydrogens is 226 g/mol. The molecule has 0 radical (unpaired) electrons. The van der Waals surface area contributed by atoms with E-state index < -0.39 is 0 Å². The molecule has 0 unspecified atom stereocenters. The monoisotopic (exact) mass is 241 g/mol. The normalized spacial score (nSPS) is 13.4. The summed E-state index contributed by atoms with van der Waals surface area (Å²) in [6, 6.07) is 12.1. The molecule has 0 saturated heterocycles. The van der Waals surface area contributed by atoms with Gasteiger partial charge in [0.05, 0.1) is 0 Å². The summed E-state index contributed by atoms with van der Waals surface area (Å²) in [5.74, 6) is 1.61. The number of nitrogen functional groups attached to an aromatic ring is 1. The van der Waals surface area contributed by atoms with Crippen LogP contribution in [0.4, 0.5) is 5.69 Å². The Morgan fingerprint density at radius 1 is 0.889 bits per heavy atom. The lowest BCUT2D eigenvalue weighted by atomic mass is 10.0. The Kier molecular flexibility index (Phi) is 2.59. The number of benzene rings is 2. The summed E-state index contributed by atoms with van der Waals surface area (Å²) in [5, 5.41) is 0. The van der Waals surface area contributed by atoms with Gasteiger partial charge in [0.25, 0.3) is 0 Å². The number of hydrogen-bond donors (Lipinski definition) is 1. The quantitative estimate of drug-likeness (QED) is 0.780. The Bertz CT molecular complexity index is 593. The van der Waals surface area contributed by atoms with Crippen LogP contribution < -0.4 is 15.2 Å². The molecule has 2 aromatic rings. The molecule has 3 heteroatoms. The van der Waals surface area contributed by atoms with Gasteiger partial charge in [-0.05, 0) is 41.8 Å². The van der Waals surface area contributed by atoms with Gasteiger partial charge in [0.15, 0.2) is 11.5 Å². The standard InChI is InChI=1S/C15H15NO2/c1-10-2-3-11(8-13(10)16)12-4-5-14-15(9-12)18-7-6-17-14/h2-5,8-9H,6-7,16H2,1H3. The van der Waals surface area contributed by atoms with Gasteiger partial charge in [-0.15, -0.1) is 0 Å². The lowest BCUT2D eigenvalue weighted by molar-refractivity contribution is 0.171. The molecule has 0 bridgehead atoms. The van der Waals surface area contributed by atoms with Gasteiger partial charge in [-0.25, -0.2) is 0 Å². The number of anilines is 1. The van der Waals surface area contributed by atoms with Gasteiger partial charge in [0.1, 0.15) is 13.2 Å². The van der Waals surface area contributed by atoms with E-state index in [9.17, 15) is 0 Å². The zero-order valence-electron chi connectivity index (χ0n) is 10.3. The highest BCUT2D eigenvalue weighted by Crippen LogP contribution is 2.35. The summed E-state index contributed by atoms with van der Waals surface area (Å²) < 4.78 is 11.1. The third-order valence-electron chi connectivity index (χ3n) is 3.15. The van der Waals surface area contributed by atoms with E-state index in [-0.39, 0.29) is 0 Å². The molecule has 2 N–H and O–H groups in total. The maximum absolute atomic E-state index is 5.94. The van der Waals surface area contributed by atoms with Crippen LogP contribution in [0.2, 0.25) is 0 Å². The molecule has 0 amide bonds. The average molecular weight is 241 g/mol. The number of ether oxygens (including phenoxy) is 2. The van der Waals surface area contributed by atoms with Crippen molar-refractivity contribution in [1.82, 2.24) is 0 Å². The van der Waals surface area contributed by atoms with Gasteiger partial charge in [-0.3, -0.25) is 0 Å². The average Bonchev–Trinajstić information content (AvgIpc) is 2.41. The van der Waals surface area contributed by atoms with Crippen LogP contribution in [-0.4, -0.2) is 13.2 Å². The molecule has 0 aliphatic carbocycles. The molecule has 2 aromatic carbocycles. The summed E-state index contributed by atoms with van der Waals surface area (Å²) in [6.45, 7) is 3.22. The molecule has 3 rings (SSSR count). The van der Waals surface area contributed by atoms with Crippen molar-refractivity contribution < 1.29 is 9.47 Å². The molecule has 1 aliphatic heterocycles. The fourth-order valence-corrected chi connectivity index (χ4v) is 2.04. The smallest absolute Gasteiger partial charge is 0.161 e. The minimum absolute atomic E-state index is 0.604. The Balaban J connectivity index is 2.03. The maximum Gasteiger partial charge on any atom is 0.161 e. The summed E-state index contributed by atoms with van der Waals surface area (Å²) in [4.78, 5) is 0. The Hall–Kier alpha value is -2.16. The van der Waals surface area contributed by atoms with Crippen molar-refractivity contribution in [3.63, 3.8) is 0 Å². The molecule has 3 nitrogen and oxygen atoms in total. The van der Waals surface area contributed by atoms with E-state index in [4.69, 9.17) is 15.2 Å². The first-order valence-corrected chi connectivity index (χ1v) is 6.00. The molecular formula is C15H15NO2. The highest BCUT2D eigenvalue weighted by Gasteiger charge is 2.12. The highest BCUT2D eigenvalue weighted by molar-refractivity contribution is 5.71. The van der Waals surface area contributed by atoms with Gasteiger partial charge in [-0.2, -0.15) is 0 Å². The van der Waals surface area contributed by atoms with E-state index in [1.165, 1.54) is 0 Å². The van der Waals surface area contributed by atoms with Crippen LogP contribution in [0.5, 0.6) is 11.5 Å².